The van der Waals surface area contributed by atoms with Crippen molar-refractivity contribution in [2.75, 3.05) is 30.4 Å². The molecule has 9 nitrogen and oxygen atoms in total. The van der Waals surface area contributed by atoms with Crippen LogP contribution in [-0.2, 0) is 11.2 Å². The average Bonchev–Trinajstić information content (AvgIpc) is 2.83. The van der Waals surface area contributed by atoms with Crippen molar-refractivity contribution in [3.05, 3.63) is 94.3 Å². The second-order valence-corrected chi connectivity index (χ2v) is 7.24. The molecule has 10 heteroatoms. The van der Waals surface area contributed by atoms with E-state index in [1.165, 1.54) is 53.4 Å². The van der Waals surface area contributed by atoms with Gasteiger partial charge in [-0.25, -0.2) is 9.18 Å². The zero-order valence-corrected chi connectivity index (χ0v) is 18.4. The normalized spacial score (nSPS) is 10.3. The van der Waals surface area contributed by atoms with Crippen LogP contribution in [0.1, 0.15) is 5.56 Å². The van der Waals surface area contributed by atoms with E-state index in [0.717, 1.165) is 5.56 Å². The van der Waals surface area contributed by atoms with Gasteiger partial charge in [-0.3, -0.25) is 19.8 Å². The van der Waals surface area contributed by atoms with Gasteiger partial charge in [0.15, 0.2) is 0 Å². The molecule has 34 heavy (non-hydrogen) atoms. The van der Waals surface area contributed by atoms with Crippen LogP contribution in [0.2, 0.25) is 0 Å². The standard InChI is InChI=1S/C24H23FN4O5/c1-34-22-12-2-17(3-13-22)16-23(30)26-14-15-28(20-8-4-18(25)5-9-20)24(31)27-19-6-10-21(11-7-19)29(32)33/h2-13H,14-16H2,1H3,(H,26,30)(H,27,31). The number of halogens is 1. The summed E-state index contributed by atoms with van der Waals surface area (Å²) < 4.78 is 18.5. The number of urea groups is 1. The number of nitro groups is 1. The molecular weight excluding hydrogens is 443 g/mol. The Balaban J connectivity index is 1.63. The Kier molecular flexibility index (Phi) is 8.11. The minimum Gasteiger partial charge on any atom is -0.497 e. The van der Waals surface area contributed by atoms with Crippen LogP contribution in [0.25, 0.3) is 0 Å². The first kappa shape index (κ1) is 24.2. The van der Waals surface area contributed by atoms with E-state index in [0.29, 0.717) is 17.1 Å². The summed E-state index contributed by atoms with van der Waals surface area (Å²) in [6.07, 6.45) is 0.162. The Morgan fingerprint density at radius 2 is 1.65 bits per heavy atom. The molecule has 0 saturated carbocycles. The van der Waals surface area contributed by atoms with Crippen molar-refractivity contribution in [3.63, 3.8) is 0 Å². The van der Waals surface area contributed by atoms with Crippen molar-refractivity contribution in [3.8, 4) is 5.75 Å². The lowest BCUT2D eigenvalue weighted by Crippen LogP contribution is -2.41. The third kappa shape index (κ3) is 6.76. The number of carbonyl (C=O) groups is 2. The third-order valence-corrected chi connectivity index (χ3v) is 4.89. The molecule has 0 bridgehead atoms. The fourth-order valence-corrected chi connectivity index (χ4v) is 3.12. The van der Waals surface area contributed by atoms with Crippen LogP contribution in [0.3, 0.4) is 0 Å². The third-order valence-electron chi connectivity index (χ3n) is 4.89. The molecule has 3 rings (SSSR count). The molecule has 3 aromatic rings. The summed E-state index contributed by atoms with van der Waals surface area (Å²) in [5.41, 5.74) is 1.48. The number of amides is 3. The second-order valence-electron chi connectivity index (χ2n) is 7.24. The predicted octanol–water partition coefficient (Wildman–Crippen LogP) is 4.14. The number of hydrogen-bond acceptors (Lipinski definition) is 5. The quantitative estimate of drug-likeness (QED) is 0.363. The van der Waals surface area contributed by atoms with Crippen LogP contribution in [0.5, 0.6) is 5.75 Å². The highest BCUT2D eigenvalue weighted by Crippen LogP contribution is 2.19. The molecule has 0 fully saturated rings. The number of carbonyl (C=O) groups excluding carboxylic acids is 2. The monoisotopic (exact) mass is 466 g/mol. The van der Waals surface area contributed by atoms with Crippen LogP contribution in [0, 0.1) is 15.9 Å². The zero-order chi connectivity index (χ0) is 24.5. The Labute approximate surface area is 195 Å². The van der Waals surface area contributed by atoms with E-state index in [-0.39, 0.29) is 31.1 Å². The molecule has 0 aliphatic carbocycles. The summed E-state index contributed by atoms with van der Waals surface area (Å²) >= 11 is 0. The summed E-state index contributed by atoms with van der Waals surface area (Å²) in [5.74, 6) is 0.0189. The lowest BCUT2D eigenvalue weighted by atomic mass is 10.1. The lowest BCUT2D eigenvalue weighted by Gasteiger charge is -2.23. The number of non-ortho nitro benzene ring substituents is 1. The Hall–Kier alpha value is -4.47. The number of nitrogens with one attached hydrogen (secondary N) is 2. The topological polar surface area (TPSA) is 114 Å². The van der Waals surface area contributed by atoms with Crippen molar-refractivity contribution >= 4 is 29.0 Å². The Morgan fingerprint density at radius 1 is 1.00 bits per heavy atom. The van der Waals surface area contributed by atoms with Crippen LogP contribution in [0.4, 0.5) is 26.2 Å². The first-order chi connectivity index (χ1) is 16.4. The maximum absolute atomic E-state index is 13.4. The minimum atomic E-state index is -0.537. The lowest BCUT2D eigenvalue weighted by molar-refractivity contribution is -0.384. The maximum atomic E-state index is 13.4. The number of ether oxygens (including phenoxy) is 1. The molecule has 2 N–H and O–H groups in total. The molecule has 0 atom stereocenters. The van der Waals surface area contributed by atoms with Crippen LogP contribution in [0.15, 0.2) is 72.8 Å². The van der Waals surface area contributed by atoms with Gasteiger partial charge in [0.2, 0.25) is 5.91 Å². The van der Waals surface area contributed by atoms with Crippen molar-refractivity contribution in [1.29, 1.82) is 0 Å². The molecule has 176 valence electrons. The van der Waals surface area contributed by atoms with E-state index in [2.05, 4.69) is 10.6 Å². The molecule has 0 aliphatic heterocycles. The Bertz CT molecular complexity index is 1140. The molecule has 0 aromatic heterocycles. The fraction of sp³-hybridized carbons (Fsp3) is 0.167. The minimum absolute atomic E-state index is 0.104. The summed E-state index contributed by atoms with van der Waals surface area (Å²) in [6.45, 7) is 0.263. The highest BCUT2D eigenvalue weighted by atomic mass is 19.1. The number of benzene rings is 3. The SMILES string of the molecule is COc1ccc(CC(=O)NCCN(C(=O)Nc2ccc([N+](=O)[O-])cc2)c2ccc(F)cc2)cc1. The van der Waals surface area contributed by atoms with Gasteiger partial charge in [-0.2, -0.15) is 0 Å². The van der Waals surface area contributed by atoms with Crippen molar-refractivity contribution in [2.24, 2.45) is 0 Å². The highest BCUT2D eigenvalue weighted by molar-refractivity contribution is 6.01. The number of rotatable bonds is 9. The van der Waals surface area contributed by atoms with E-state index >= 15 is 0 Å². The fourth-order valence-electron chi connectivity index (χ4n) is 3.12. The van der Waals surface area contributed by atoms with E-state index < -0.39 is 16.8 Å². The molecule has 0 radical (unpaired) electrons. The smallest absolute Gasteiger partial charge is 0.326 e. The van der Waals surface area contributed by atoms with E-state index in [1.54, 1.807) is 31.4 Å². The Morgan fingerprint density at radius 3 is 2.24 bits per heavy atom. The molecule has 0 spiro atoms. The van der Waals surface area contributed by atoms with E-state index in [4.69, 9.17) is 4.74 Å². The van der Waals surface area contributed by atoms with E-state index in [1.807, 2.05) is 0 Å². The summed E-state index contributed by atoms with van der Waals surface area (Å²) in [6, 6.07) is 17.3. The molecule has 0 heterocycles. The largest absolute Gasteiger partial charge is 0.497 e. The first-order valence-corrected chi connectivity index (χ1v) is 10.3. The van der Waals surface area contributed by atoms with Gasteiger partial charge in [0, 0.05) is 36.6 Å². The number of nitrogens with zero attached hydrogens (tertiary/aromatic N) is 2. The van der Waals surface area contributed by atoms with Gasteiger partial charge in [0.25, 0.3) is 5.69 Å². The number of methoxy groups -OCH3 is 1. The number of nitro benzene ring substituents is 1. The molecule has 3 amide bonds. The first-order valence-electron chi connectivity index (χ1n) is 10.3. The average molecular weight is 466 g/mol. The van der Waals surface area contributed by atoms with Crippen molar-refractivity contribution in [2.45, 2.75) is 6.42 Å². The zero-order valence-electron chi connectivity index (χ0n) is 18.4. The van der Waals surface area contributed by atoms with Crippen molar-refractivity contribution < 1.29 is 23.6 Å². The number of hydrogen-bond donors (Lipinski definition) is 2. The van der Waals surface area contributed by atoms with Gasteiger partial charge < -0.3 is 15.4 Å². The molecule has 0 saturated heterocycles. The van der Waals surface area contributed by atoms with Crippen LogP contribution in [-0.4, -0.2) is 37.1 Å². The van der Waals surface area contributed by atoms with Crippen molar-refractivity contribution in [1.82, 2.24) is 5.32 Å². The van der Waals surface area contributed by atoms with Gasteiger partial charge >= 0.3 is 6.03 Å². The maximum Gasteiger partial charge on any atom is 0.326 e. The van der Waals surface area contributed by atoms with Gasteiger partial charge in [-0.15, -0.1) is 0 Å². The summed E-state index contributed by atoms with van der Waals surface area (Å²) in [5, 5.41) is 16.2. The van der Waals surface area contributed by atoms with Gasteiger partial charge in [-0.1, -0.05) is 12.1 Å². The summed E-state index contributed by atoms with van der Waals surface area (Å²) in [4.78, 5) is 36.8. The molecule has 0 aliphatic rings. The van der Waals surface area contributed by atoms with E-state index in [9.17, 15) is 24.1 Å². The molecule has 3 aromatic carbocycles. The molecule has 0 unspecified atom stereocenters. The molecular formula is C24H23FN4O5. The highest BCUT2D eigenvalue weighted by Gasteiger charge is 2.17. The van der Waals surface area contributed by atoms with Gasteiger partial charge in [0.05, 0.1) is 18.5 Å². The second kappa shape index (κ2) is 11.4. The number of anilines is 2. The van der Waals surface area contributed by atoms with Crippen LogP contribution >= 0.6 is 0 Å². The summed E-state index contributed by atoms with van der Waals surface area (Å²) in [7, 11) is 1.56. The van der Waals surface area contributed by atoms with Gasteiger partial charge in [0.1, 0.15) is 11.6 Å². The van der Waals surface area contributed by atoms with Gasteiger partial charge in [-0.05, 0) is 54.1 Å². The van der Waals surface area contributed by atoms with Crippen LogP contribution < -0.4 is 20.3 Å². The predicted molar refractivity (Wildman–Crippen MR) is 126 cm³/mol.